The summed E-state index contributed by atoms with van der Waals surface area (Å²) in [5.74, 6) is -0.974. The molecule has 18 heavy (non-hydrogen) atoms. The van der Waals surface area contributed by atoms with E-state index in [9.17, 15) is 9.59 Å². The number of aryl methyl sites for hydroxylation is 1. The van der Waals surface area contributed by atoms with Gasteiger partial charge in [-0.1, -0.05) is 6.92 Å². The summed E-state index contributed by atoms with van der Waals surface area (Å²) in [4.78, 5) is 26.0. The Labute approximate surface area is 105 Å². The zero-order chi connectivity index (χ0) is 13.7. The van der Waals surface area contributed by atoms with Crippen molar-refractivity contribution in [3.05, 3.63) is 23.4 Å². The van der Waals surface area contributed by atoms with E-state index in [1.807, 2.05) is 6.92 Å². The summed E-state index contributed by atoms with van der Waals surface area (Å²) in [5, 5.41) is 11.9. The smallest absolute Gasteiger partial charge is 0.335 e. The lowest BCUT2D eigenvalue weighted by atomic mass is 10.2. The number of hydrogen-bond donors (Lipinski definition) is 3. The number of carboxylic acid groups (broad SMARTS) is 1. The molecule has 1 unspecified atom stereocenters. The van der Waals surface area contributed by atoms with Crippen LogP contribution in [0, 0.1) is 0 Å². The lowest BCUT2D eigenvalue weighted by Crippen LogP contribution is -2.24. The second-order valence-electron chi connectivity index (χ2n) is 4.11. The largest absolute Gasteiger partial charge is 0.478 e. The number of aromatic nitrogens is 1. The van der Waals surface area contributed by atoms with Gasteiger partial charge in [-0.3, -0.25) is 4.79 Å². The molecule has 0 aliphatic carbocycles. The summed E-state index contributed by atoms with van der Waals surface area (Å²) in [6.45, 7) is 3.68. The average Bonchev–Trinajstić information content (AvgIpc) is 2.27. The Hall–Kier alpha value is -2.11. The third-order valence-corrected chi connectivity index (χ3v) is 2.39. The van der Waals surface area contributed by atoms with Crippen molar-refractivity contribution in [1.29, 1.82) is 0 Å². The van der Waals surface area contributed by atoms with Crippen LogP contribution >= 0.6 is 0 Å². The van der Waals surface area contributed by atoms with E-state index in [0.29, 0.717) is 17.9 Å². The number of anilines is 1. The Morgan fingerprint density at radius 2 is 2.17 bits per heavy atom. The van der Waals surface area contributed by atoms with E-state index < -0.39 is 11.9 Å². The van der Waals surface area contributed by atoms with Crippen LogP contribution in [0.15, 0.2) is 12.1 Å². The highest BCUT2D eigenvalue weighted by atomic mass is 16.4. The molecule has 0 saturated carbocycles. The molecule has 0 bridgehead atoms. The van der Waals surface area contributed by atoms with E-state index in [-0.39, 0.29) is 18.0 Å². The molecule has 1 amide bonds. The topological polar surface area (TPSA) is 105 Å². The Kier molecular flexibility index (Phi) is 4.65. The van der Waals surface area contributed by atoms with Crippen molar-refractivity contribution in [1.82, 2.24) is 4.98 Å². The molecule has 4 N–H and O–H groups in total. The number of nitrogens with two attached hydrogens (primary N) is 1. The van der Waals surface area contributed by atoms with Crippen molar-refractivity contribution in [3.8, 4) is 0 Å². The maximum Gasteiger partial charge on any atom is 0.335 e. The Bertz CT molecular complexity index is 460. The fourth-order valence-electron chi connectivity index (χ4n) is 1.57. The van der Waals surface area contributed by atoms with Gasteiger partial charge in [0.2, 0.25) is 5.91 Å². The predicted molar refractivity (Wildman–Crippen MR) is 67.5 cm³/mol. The number of primary amides is 1. The maximum atomic E-state index is 11.0. The first-order chi connectivity index (χ1) is 8.42. The van der Waals surface area contributed by atoms with Gasteiger partial charge in [-0.2, -0.15) is 0 Å². The van der Waals surface area contributed by atoms with Gasteiger partial charge in [0.05, 0.1) is 5.56 Å². The molecule has 0 radical (unpaired) electrons. The summed E-state index contributed by atoms with van der Waals surface area (Å²) in [6.07, 6.45) is 0.806. The second-order valence-corrected chi connectivity index (χ2v) is 4.11. The van der Waals surface area contributed by atoms with Crippen molar-refractivity contribution in [2.75, 3.05) is 5.32 Å². The zero-order valence-electron chi connectivity index (χ0n) is 10.4. The molecular weight excluding hydrogens is 234 g/mol. The molecule has 6 heteroatoms. The van der Waals surface area contributed by atoms with Crippen LogP contribution in [-0.2, 0) is 11.2 Å². The van der Waals surface area contributed by atoms with Crippen LogP contribution in [0.25, 0.3) is 0 Å². The Morgan fingerprint density at radius 3 is 2.67 bits per heavy atom. The molecule has 1 rings (SSSR count). The van der Waals surface area contributed by atoms with Gasteiger partial charge in [0.1, 0.15) is 5.82 Å². The van der Waals surface area contributed by atoms with Crippen LogP contribution < -0.4 is 11.1 Å². The number of carbonyl (C=O) groups is 2. The molecule has 0 fully saturated rings. The van der Waals surface area contributed by atoms with Gasteiger partial charge < -0.3 is 16.2 Å². The molecule has 1 aromatic rings. The Balaban J connectivity index is 2.90. The minimum absolute atomic E-state index is 0.167. The lowest BCUT2D eigenvalue weighted by Gasteiger charge is -2.14. The third kappa shape index (κ3) is 4.04. The van der Waals surface area contributed by atoms with E-state index in [1.165, 1.54) is 12.1 Å². The number of nitrogens with zero attached hydrogens (tertiary/aromatic N) is 1. The number of amides is 1. The number of pyridine rings is 1. The number of hydrogen-bond acceptors (Lipinski definition) is 4. The number of rotatable bonds is 6. The number of carboxylic acids is 1. The van der Waals surface area contributed by atoms with E-state index in [0.717, 1.165) is 0 Å². The van der Waals surface area contributed by atoms with Gasteiger partial charge in [0, 0.05) is 18.2 Å². The maximum absolute atomic E-state index is 11.0. The summed E-state index contributed by atoms with van der Waals surface area (Å²) >= 11 is 0. The summed E-state index contributed by atoms with van der Waals surface area (Å²) in [5.41, 5.74) is 5.95. The van der Waals surface area contributed by atoms with Crippen LogP contribution in [0.1, 0.15) is 36.3 Å². The summed E-state index contributed by atoms with van der Waals surface area (Å²) in [6, 6.07) is 2.79. The monoisotopic (exact) mass is 251 g/mol. The molecule has 98 valence electrons. The van der Waals surface area contributed by atoms with E-state index in [2.05, 4.69) is 10.3 Å². The fourth-order valence-corrected chi connectivity index (χ4v) is 1.57. The van der Waals surface area contributed by atoms with Gasteiger partial charge >= 0.3 is 5.97 Å². The van der Waals surface area contributed by atoms with Crippen molar-refractivity contribution >= 4 is 17.7 Å². The summed E-state index contributed by atoms with van der Waals surface area (Å²) in [7, 11) is 0. The first-order valence-electron chi connectivity index (χ1n) is 5.71. The molecule has 1 aromatic heterocycles. The van der Waals surface area contributed by atoms with Gasteiger partial charge in [-0.05, 0) is 25.5 Å². The molecule has 6 nitrogen and oxygen atoms in total. The van der Waals surface area contributed by atoms with Crippen LogP contribution in [0.4, 0.5) is 5.82 Å². The third-order valence-electron chi connectivity index (χ3n) is 2.39. The van der Waals surface area contributed by atoms with Crippen molar-refractivity contribution in [2.24, 2.45) is 5.73 Å². The first-order valence-corrected chi connectivity index (χ1v) is 5.71. The molecule has 1 heterocycles. The van der Waals surface area contributed by atoms with Crippen molar-refractivity contribution in [3.63, 3.8) is 0 Å². The standard InChI is InChI=1S/C12H17N3O3/c1-3-9-5-8(12(17)18)6-11(15-9)14-7(2)4-10(13)16/h5-7H,3-4H2,1-2H3,(H2,13,16)(H,14,15)(H,17,18). The van der Waals surface area contributed by atoms with E-state index >= 15 is 0 Å². The van der Waals surface area contributed by atoms with Gasteiger partial charge in [-0.15, -0.1) is 0 Å². The quantitative estimate of drug-likeness (QED) is 0.700. The molecule has 0 aliphatic heterocycles. The molecule has 0 saturated heterocycles. The highest BCUT2D eigenvalue weighted by Crippen LogP contribution is 2.13. The van der Waals surface area contributed by atoms with E-state index in [1.54, 1.807) is 6.92 Å². The van der Waals surface area contributed by atoms with Gasteiger partial charge in [0.15, 0.2) is 0 Å². The second kappa shape index (κ2) is 6.00. The first kappa shape index (κ1) is 14.0. The van der Waals surface area contributed by atoms with Gasteiger partial charge in [-0.25, -0.2) is 9.78 Å². The lowest BCUT2D eigenvalue weighted by molar-refractivity contribution is -0.118. The van der Waals surface area contributed by atoms with Crippen LogP contribution in [0.5, 0.6) is 0 Å². The molecular formula is C12H17N3O3. The average molecular weight is 251 g/mol. The minimum Gasteiger partial charge on any atom is -0.478 e. The minimum atomic E-state index is -1.00. The normalized spacial score (nSPS) is 11.9. The number of carbonyl (C=O) groups excluding carboxylic acids is 1. The zero-order valence-corrected chi connectivity index (χ0v) is 10.4. The molecule has 1 atom stereocenters. The molecule has 0 aliphatic rings. The van der Waals surface area contributed by atoms with Crippen LogP contribution in [-0.4, -0.2) is 28.0 Å². The number of nitrogens with one attached hydrogen (secondary N) is 1. The number of aromatic carboxylic acids is 1. The van der Waals surface area contributed by atoms with Crippen molar-refractivity contribution < 1.29 is 14.7 Å². The highest BCUT2D eigenvalue weighted by Gasteiger charge is 2.11. The highest BCUT2D eigenvalue weighted by molar-refractivity contribution is 5.88. The van der Waals surface area contributed by atoms with Crippen LogP contribution in [0.3, 0.4) is 0 Å². The molecule has 0 spiro atoms. The van der Waals surface area contributed by atoms with E-state index in [4.69, 9.17) is 10.8 Å². The predicted octanol–water partition coefficient (Wildman–Crippen LogP) is 1.02. The van der Waals surface area contributed by atoms with Crippen molar-refractivity contribution in [2.45, 2.75) is 32.7 Å². The van der Waals surface area contributed by atoms with Crippen LogP contribution in [0.2, 0.25) is 0 Å². The van der Waals surface area contributed by atoms with Gasteiger partial charge in [0.25, 0.3) is 0 Å². The summed E-state index contributed by atoms with van der Waals surface area (Å²) < 4.78 is 0. The Morgan fingerprint density at radius 1 is 1.50 bits per heavy atom. The molecule has 0 aromatic carbocycles. The SMILES string of the molecule is CCc1cc(C(=O)O)cc(NC(C)CC(N)=O)n1. The fraction of sp³-hybridized carbons (Fsp3) is 0.417.